The van der Waals surface area contributed by atoms with Crippen LogP contribution >= 0.6 is 11.6 Å². The predicted molar refractivity (Wildman–Crippen MR) is 64.5 cm³/mol. The minimum atomic E-state index is -0.977. The lowest BCUT2D eigenvalue weighted by Gasteiger charge is -2.12. The van der Waals surface area contributed by atoms with E-state index in [9.17, 15) is 4.79 Å². The number of carboxylic acid groups (broad SMARTS) is 1. The molecule has 0 aliphatic carbocycles. The lowest BCUT2D eigenvalue weighted by molar-refractivity contribution is 0.0697. The number of nitrogens with zero attached hydrogens (tertiary/aromatic N) is 2. The Labute approximate surface area is 103 Å². The van der Waals surface area contributed by atoms with Crippen LogP contribution in [-0.4, -0.2) is 20.9 Å². The number of carbonyl (C=O) groups is 1. The fourth-order valence-corrected chi connectivity index (χ4v) is 1.78. The number of hydrogen-bond acceptors (Lipinski definition) is 2. The van der Waals surface area contributed by atoms with Crippen molar-refractivity contribution in [1.82, 2.24) is 9.78 Å². The molecule has 0 radical (unpaired) electrons. The fourth-order valence-electron chi connectivity index (χ4n) is 1.58. The second-order valence-electron chi connectivity index (χ2n) is 3.75. The Hall–Kier alpha value is -1.81. The highest BCUT2D eigenvalue weighted by atomic mass is 35.5. The fraction of sp³-hybridized carbons (Fsp3) is 0.167. The first-order chi connectivity index (χ1) is 8.08. The molecule has 17 heavy (non-hydrogen) atoms. The molecule has 2 aromatic rings. The molecule has 0 spiro atoms. The molecule has 5 heteroatoms. The van der Waals surface area contributed by atoms with Gasteiger partial charge < -0.3 is 5.11 Å². The van der Waals surface area contributed by atoms with Crippen molar-refractivity contribution in [2.75, 3.05) is 0 Å². The summed E-state index contributed by atoms with van der Waals surface area (Å²) in [6, 6.07) is 7.37. The van der Waals surface area contributed by atoms with E-state index in [0.717, 1.165) is 5.56 Å². The Morgan fingerprint density at radius 3 is 2.88 bits per heavy atom. The molecule has 1 atom stereocenters. The number of hydrogen-bond donors (Lipinski definition) is 1. The van der Waals surface area contributed by atoms with Crippen LogP contribution in [0.2, 0.25) is 5.02 Å². The standard InChI is InChI=1S/C12H11ClN2O2/c1-8(9-3-2-4-11(13)5-9)15-7-10(6-14-15)12(16)17/h2-8H,1H3,(H,16,17)/t8-/m1/s1. The molecule has 4 nitrogen and oxygen atoms in total. The minimum absolute atomic E-state index is 0.0539. The quantitative estimate of drug-likeness (QED) is 0.911. The summed E-state index contributed by atoms with van der Waals surface area (Å²) in [6.45, 7) is 1.93. The summed E-state index contributed by atoms with van der Waals surface area (Å²) in [7, 11) is 0. The topological polar surface area (TPSA) is 55.1 Å². The maximum atomic E-state index is 10.8. The summed E-state index contributed by atoms with van der Waals surface area (Å²) < 4.78 is 1.61. The normalized spacial score (nSPS) is 12.4. The third kappa shape index (κ3) is 2.47. The Balaban J connectivity index is 2.30. The van der Waals surface area contributed by atoms with Crippen molar-refractivity contribution in [1.29, 1.82) is 0 Å². The Morgan fingerprint density at radius 2 is 2.29 bits per heavy atom. The molecule has 1 aromatic carbocycles. The molecule has 0 saturated carbocycles. The molecule has 0 saturated heterocycles. The minimum Gasteiger partial charge on any atom is -0.478 e. The van der Waals surface area contributed by atoms with E-state index < -0.39 is 5.97 Å². The molecule has 0 bridgehead atoms. The smallest absolute Gasteiger partial charge is 0.338 e. The first kappa shape index (κ1) is 11.7. The molecule has 1 aromatic heterocycles. The second kappa shape index (κ2) is 4.59. The zero-order valence-electron chi connectivity index (χ0n) is 9.17. The van der Waals surface area contributed by atoms with Crippen molar-refractivity contribution in [2.24, 2.45) is 0 Å². The van der Waals surface area contributed by atoms with Crippen molar-refractivity contribution < 1.29 is 9.90 Å². The summed E-state index contributed by atoms with van der Waals surface area (Å²) in [4.78, 5) is 10.8. The van der Waals surface area contributed by atoms with Gasteiger partial charge in [-0.3, -0.25) is 4.68 Å². The van der Waals surface area contributed by atoms with Gasteiger partial charge in [0.05, 0.1) is 17.8 Å². The summed E-state index contributed by atoms with van der Waals surface area (Å²) in [6.07, 6.45) is 2.84. The number of carboxylic acids is 1. The van der Waals surface area contributed by atoms with Gasteiger partial charge in [-0.2, -0.15) is 5.10 Å². The van der Waals surface area contributed by atoms with E-state index in [0.29, 0.717) is 5.02 Å². The van der Waals surface area contributed by atoms with Gasteiger partial charge in [0.1, 0.15) is 0 Å². The second-order valence-corrected chi connectivity index (χ2v) is 4.18. The van der Waals surface area contributed by atoms with E-state index >= 15 is 0 Å². The zero-order chi connectivity index (χ0) is 12.4. The van der Waals surface area contributed by atoms with Crippen molar-refractivity contribution >= 4 is 17.6 Å². The van der Waals surface area contributed by atoms with E-state index in [-0.39, 0.29) is 11.6 Å². The van der Waals surface area contributed by atoms with Gasteiger partial charge in [-0.1, -0.05) is 23.7 Å². The summed E-state index contributed by atoms with van der Waals surface area (Å²) >= 11 is 5.91. The summed E-state index contributed by atoms with van der Waals surface area (Å²) in [5, 5.41) is 13.5. The number of rotatable bonds is 3. The van der Waals surface area contributed by atoms with Crippen molar-refractivity contribution in [3.63, 3.8) is 0 Å². The highest BCUT2D eigenvalue weighted by Crippen LogP contribution is 2.20. The van der Waals surface area contributed by atoms with Crippen LogP contribution in [0.1, 0.15) is 28.9 Å². The van der Waals surface area contributed by atoms with Crippen LogP contribution in [0.25, 0.3) is 0 Å². The largest absolute Gasteiger partial charge is 0.478 e. The Kier molecular flexibility index (Phi) is 3.15. The van der Waals surface area contributed by atoms with E-state index in [4.69, 9.17) is 16.7 Å². The third-order valence-electron chi connectivity index (χ3n) is 2.58. The van der Waals surface area contributed by atoms with Gasteiger partial charge in [0.2, 0.25) is 0 Å². The van der Waals surface area contributed by atoms with Crippen LogP contribution in [-0.2, 0) is 0 Å². The molecule has 1 heterocycles. The zero-order valence-corrected chi connectivity index (χ0v) is 9.93. The molecular formula is C12H11ClN2O2. The van der Waals surface area contributed by atoms with E-state index in [1.807, 2.05) is 25.1 Å². The molecule has 0 fully saturated rings. The molecule has 2 rings (SSSR count). The van der Waals surface area contributed by atoms with Gasteiger partial charge >= 0.3 is 5.97 Å². The van der Waals surface area contributed by atoms with E-state index in [1.54, 1.807) is 10.7 Å². The van der Waals surface area contributed by atoms with Crippen LogP contribution in [0.15, 0.2) is 36.7 Å². The Bertz CT molecular complexity index is 551. The summed E-state index contributed by atoms with van der Waals surface area (Å²) in [5.41, 5.74) is 1.16. The molecule has 0 unspecified atom stereocenters. The van der Waals surface area contributed by atoms with Crippen LogP contribution < -0.4 is 0 Å². The predicted octanol–water partition coefficient (Wildman–Crippen LogP) is 2.84. The molecular weight excluding hydrogens is 240 g/mol. The van der Waals surface area contributed by atoms with Crippen LogP contribution in [0.3, 0.4) is 0 Å². The van der Waals surface area contributed by atoms with Crippen molar-refractivity contribution in [3.8, 4) is 0 Å². The van der Waals surface area contributed by atoms with Crippen LogP contribution in [0.5, 0.6) is 0 Å². The number of aromatic nitrogens is 2. The average Bonchev–Trinajstić information content (AvgIpc) is 2.77. The van der Waals surface area contributed by atoms with Gasteiger partial charge in [0, 0.05) is 11.2 Å². The van der Waals surface area contributed by atoms with E-state index in [1.165, 1.54) is 12.4 Å². The lowest BCUT2D eigenvalue weighted by Crippen LogP contribution is -2.07. The lowest BCUT2D eigenvalue weighted by atomic mass is 10.1. The van der Waals surface area contributed by atoms with Crippen molar-refractivity contribution in [3.05, 3.63) is 52.8 Å². The SMILES string of the molecule is C[C@H](c1cccc(Cl)c1)n1cc(C(=O)O)cn1. The molecule has 0 amide bonds. The monoisotopic (exact) mass is 250 g/mol. The Morgan fingerprint density at radius 1 is 1.53 bits per heavy atom. The maximum absolute atomic E-state index is 10.8. The van der Waals surface area contributed by atoms with Gasteiger partial charge in [0.15, 0.2) is 0 Å². The van der Waals surface area contributed by atoms with Gasteiger partial charge in [-0.05, 0) is 24.6 Å². The van der Waals surface area contributed by atoms with Gasteiger partial charge in [-0.15, -0.1) is 0 Å². The molecule has 1 N–H and O–H groups in total. The average molecular weight is 251 g/mol. The van der Waals surface area contributed by atoms with Crippen molar-refractivity contribution in [2.45, 2.75) is 13.0 Å². The van der Waals surface area contributed by atoms with Gasteiger partial charge in [0.25, 0.3) is 0 Å². The highest BCUT2D eigenvalue weighted by molar-refractivity contribution is 6.30. The molecule has 0 aliphatic rings. The van der Waals surface area contributed by atoms with Gasteiger partial charge in [-0.25, -0.2) is 4.79 Å². The first-order valence-corrected chi connectivity index (χ1v) is 5.48. The summed E-state index contributed by atoms with van der Waals surface area (Å²) in [5.74, 6) is -0.977. The number of halogens is 1. The molecule has 88 valence electrons. The third-order valence-corrected chi connectivity index (χ3v) is 2.81. The van der Waals surface area contributed by atoms with E-state index in [2.05, 4.69) is 5.10 Å². The number of benzene rings is 1. The van der Waals surface area contributed by atoms with Crippen LogP contribution in [0, 0.1) is 0 Å². The maximum Gasteiger partial charge on any atom is 0.338 e. The number of aromatic carboxylic acids is 1. The highest BCUT2D eigenvalue weighted by Gasteiger charge is 2.12. The first-order valence-electron chi connectivity index (χ1n) is 5.11. The van der Waals surface area contributed by atoms with Crippen LogP contribution in [0.4, 0.5) is 0 Å². The molecule has 0 aliphatic heterocycles.